The average molecular weight is 779 g/mol. The summed E-state index contributed by atoms with van der Waals surface area (Å²) < 4.78 is 6.55. The summed E-state index contributed by atoms with van der Waals surface area (Å²) in [6, 6.07) is 70.2. The number of fused-ring (bicyclic) bond motifs is 4. The molecule has 0 spiro atoms. The zero-order chi connectivity index (χ0) is 41.2. The van der Waals surface area contributed by atoms with Gasteiger partial charge in [0.2, 0.25) is 0 Å². The van der Waals surface area contributed by atoms with Gasteiger partial charge in [-0.3, -0.25) is 0 Å². The lowest BCUT2D eigenvalue weighted by Crippen LogP contribution is -2.42. The van der Waals surface area contributed by atoms with E-state index in [1.165, 1.54) is 33.4 Å². The minimum absolute atomic E-state index is 0.0392. The molecule has 0 N–H and O–H groups in total. The monoisotopic (exact) mass is 778 g/mol. The van der Waals surface area contributed by atoms with E-state index in [1.807, 2.05) is 6.07 Å². The van der Waals surface area contributed by atoms with Gasteiger partial charge in [-0.05, 0) is 116 Å². The molecule has 1 heterocycles. The van der Waals surface area contributed by atoms with E-state index in [-0.39, 0.29) is 16.2 Å². The van der Waals surface area contributed by atoms with E-state index in [4.69, 9.17) is 4.42 Å². The molecule has 0 saturated carbocycles. The highest BCUT2D eigenvalue weighted by Crippen LogP contribution is 2.64. The number of hydrogen-bond acceptors (Lipinski definition) is 3. The van der Waals surface area contributed by atoms with E-state index in [9.17, 15) is 0 Å². The van der Waals surface area contributed by atoms with E-state index in [0.29, 0.717) is 0 Å². The SMILES string of the molecule is CC1(C)c2cc(N(c3ccc(-c4ccccc4)cc3)c3ccc(-c4ccccc4)cc3)c(N(c3ccccc3)c3ccc4c(c3)oc3ccccc34)cc2C(C)(C)C1(C)C. The van der Waals surface area contributed by atoms with Gasteiger partial charge in [0.25, 0.3) is 0 Å². The summed E-state index contributed by atoms with van der Waals surface area (Å²) >= 11 is 0. The number of nitrogens with zero attached hydrogens (tertiary/aromatic N) is 2. The van der Waals surface area contributed by atoms with Gasteiger partial charge in [-0.15, -0.1) is 0 Å². The summed E-state index contributed by atoms with van der Waals surface area (Å²) in [7, 11) is 0. The van der Waals surface area contributed by atoms with Crippen LogP contribution in [0.3, 0.4) is 0 Å². The molecule has 0 bridgehead atoms. The molecule has 1 aromatic heterocycles. The third-order valence-electron chi connectivity index (χ3n) is 14.2. The molecule has 8 aromatic carbocycles. The van der Waals surface area contributed by atoms with Gasteiger partial charge in [-0.1, -0.05) is 163 Å². The third-order valence-corrected chi connectivity index (χ3v) is 14.2. The van der Waals surface area contributed by atoms with Crippen LogP contribution in [0.25, 0.3) is 44.2 Å². The summed E-state index contributed by atoms with van der Waals surface area (Å²) in [5, 5.41) is 2.23. The second-order valence-corrected chi connectivity index (χ2v) is 17.9. The van der Waals surface area contributed by atoms with Gasteiger partial charge in [-0.25, -0.2) is 0 Å². The molecule has 0 aliphatic heterocycles. The molecule has 1 aliphatic rings. The predicted octanol–water partition coefficient (Wildman–Crippen LogP) is 16.5. The minimum atomic E-state index is -0.121. The van der Waals surface area contributed by atoms with E-state index >= 15 is 0 Å². The van der Waals surface area contributed by atoms with Crippen molar-refractivity contribution in [1.82, 2.24) is 0 Å². The van der Waals surface area contributed by atoms with E-state index in [1.54, 1.807) is 0 Å². The lowest BCUT2D eigenvalue weighted by atomic mass is 9.59. The van der Waals surface area contributed by atoms with Crippen molar-refractivity contribution in [2.75, 3.05) is 9.80 Å². The van der Waals surface area contributed by atoms with Crippen LogP contribution in [0.1, 0.15) is 52.7 Å². The minimum Gasteiger partial charge on any atom is -0.456 e. The number of furan rings is 1. The van der Waals surface area contributed by atoms with Crippen LogP contribution in [0.5, 0.6) is 0 Å². The normalized spacial score (nSPS) is 14.9. The Morgan fingerprint density at radius 2 is 0.717 bits per heavy atom. The molecule has 1 aliphatic carbocycles. The zero-order valence-electron chi connectivity index (χ0n) is 35.3. The van der Waals surface area contributed by atoms with Gasteiger partial charge < -0.3 is 14.2 Å². The molecule has 0 amide bonds. The van der Waals surface area contributed by atoms with E-state index in [2.05, 4.69) is 239 Å². The second-order valence-electron chi connectivity index (χ2n) is 17.9. The van der Waals surface area contributed by atoms with Crippen LogP contribution in [0.2, 0.25) is 0 Å². The Morgan fingerprint density at radius 3 is 1.23 bits per heavy atom. The summed E-state index contributed by atoms with van der Waals surface area (Å²) in [5.41, 5.74) is 15.5. The largest absolute Gasteiger partial charge is 0.456 e. The van der Waals surface area contributed by atoms with Crippen LogP contribution in [0.4, 0.5) is 34.1 Å². The smallest absolute Gasteiger partial charge is 0.137 e. The highest BCUT2D eigenvalue weighted by molar-refractivity contribution is 6.06. The van der Waals surface area contributed by atoms with Crippen molar-refractivity contribution in [3.63, 3.8) is 0 Å². The molecule has 0 radical (unpaired) electrons. The molecular formula is C57H50N2O. The molecule has 10 rings (SSSR count). The molecule has 0 saturated heterocycles. The standard InChI is InChI=1S/C57H50N2O/c1-55(2)49-37-51(58(44-30-26-41(27-31-44)39-18-10-7-11-19-39)45-32-28-42(29-33-45)40-20-12-8-13-21-40)52(38-50(49)56(3,4)57(55,5)6)59(43-22-14-9-15-23-43)46-34-35-48-47-24-16-17-25-53(47)60-54(48)36-46/h7-38H,1-6H3. The maximum absolute atomic E-state index is 6.55. The number of anilines is 6. The molecule has 3 heteroatoms. The van der Waals surface area contributed by atoms with Crippen molar-refractivity contribution in [1.29, 1.82) is 0 Å². The molecule has 0 fully saturated rings. The zero-order valence-corrected chi connectivity index (χ0v) is 35.3. The van der Waals surface area contributed by atoms with Crippen LogP contribution in [0, 0.1) is 5.41 Å². The Kier molecular flexibility index (Phi) is 8.84. The number of rotatable bonds is 8. The fourth-order valence-corrected chi connectivity index (χ4v) is 9.58. The highest BCUT2D eigenvalue weighted by atomic mass is 16.3. The van der Waals surface area contributed by atoms with Gasteiger partial charge in [-0.2, -0.15) is 0 Å². The van der Waals surface area contributed by atoms with Gasteiger partial charge in [0, 0.05) is 39.6 Å². The highest BCUT2D eigenvalue weighted by Gasteiger charge is 2.57. The van der Waals surface area contributed by atoms with Crippen molar-refractivity contribution in [3.8, 4) is 22.3 Å². The van der Waals surface area contributed by atoms with Crippen molar-refractivity contribution in [2.45, 2.75) is 52.4 Å². The van der Waals surface area contributed by atoms with Gasteiger partial charge in [0.1, 0.15) is 11.2 Å². The molecule has 0 unspecified atom stereocenters. The molecule has 294 valence electrons. The van der Waals surface area contributed by atoms with Crippen molar-refractivity contribution >= 4 is 56.1 Å². The first-order valence-corrected chi connectivity index (χ1v) is 21.1. The van der Waals surface area contributed by atoms with E-state index < -0.39 is 0 Å². The molecule has 0 atom stereocenters. The summed E-state index contributed by atoms with van der Waals surface area (Å²) in [6.45, 7) is 14.6. The fourth-order valence-electron chi connectivity index (χ4n) is 9.58. The van der Waals surface area contributed by atoms with Crippen LogP contribution in [-0.2, 0) is 10.8 Å². The second kappa shape index (κ2) is 14.2. The predicted molar refractivity (Wildman–Crippen MR) is 254 cm³/mol. The average Bonchev–Trinajstić information content (AvgIpc) is 3.70. The van der Waals surface area contributed by atoms with Gasteiger partial charge >= 0.3 is 0 Å². The van der Waals surface area contributed by atoms with Crippen LogP contribution in [-0.4, -0.2) is 0 Å². The van der Waals surface area contributed by atoms with Crippen LogP contribution in [0.15, 0.2) is 199 Å². The Hall–Kier alpha value is -6.84. The van der Waals surface area contributed by atoms with Gasteiger partial charge in [0.05, 0.1) is 11.4 Å². The lowest BCUT2D eigenvalue weighted by molar-refractivity contribution is 0.125. The number of para-hydroxylation sites is 2. The topological polar surface area (TPSA) is 19.6 Å². The van der Waals surface area contributed by atoms with Crippen LogP contribution >= 0.6 is 0 Å². The number of hydrogen-bond donors (Lipinski definition) is 0. The van der Waals surface area contributed by atoms with Crippen molar-refractivity contribution in [2.24, 2.45) is 5.41 Å². The Bertz CT molecular complexity index is 2900. The summed E-state index contributed by atoms with van der Waals surface area (Å²) in [6.07, 6.45) is 0. The first kappa shape index (κ1) is 37.4. The Morgan fingerprint density at radius 1 is 0.333 bits per heavy atom. The quantitative estimate of drug-likeness (QED) is 0.153. The Labute approximate surface area is 354 Å². The maximum Gasteiger partial charge on any atom is 0.137 e. The first-order valence-electron chi connectivity index (χ1n) is 21.1. The first-order chi connectivity index (χ1) is 29.0. The van der Waals surface area contributed by atoms with Crippen molar-refractivity contribution < 1.29 is 4.42 Å². The molecule has 60 heavy (non-hydrogen) atoms. The fraction of sp³-hybridized carbons (Fsp3) is 0.158. The third kappa shape index (κ3) is 5.94. The molecular weight excluding hydrogens is 729 g/mol. The molecule has 3 nitrogen and oxygen atoms in total. The van der Waals surface area contributed by atoms with Gasteiger partial charge in [0.15, 0.2) is 0 Å². The van der Waals surface area contributed by atoms with E-state index in [0.717, 1.165) is 56.1 Å². The molecule has 9 aromatic rings. The Balaban J connectivity index is 1.26. The maximum atomic E-state index is 6.55. The summed E-state index contributed by atoms with van der Waals surface area (Å²) in [4.78, 5) is 4.89. The summed E-state index contributed by atoms with van der Waals surface area (Å²) in [5.74, 6) is 0. The van der Waals surface area contributed by atoms with Crippen molar-refractivity contribution in [3.05, 3.63) is 205 Å². The van der Waals surface area contributed by atoms with Crippen LogP contribution < -0.4 is 9.80 Å². The number of benzene rings is 8. The lowest BCUT2D eigenvalue weighted by Gasteiger charge is -2.44.